The number of anilines is 2. The summed E-state index contributed by atoms with van der Waals surface area (Å²) in [5.41, 5.74) is 2.46. The maximum absolute atomic E-state index is 11.6. The number of rotatable bonds is 4. The van der Waals surface area contributed by atoms with Gasteiger partial charge in [0.25, 0.3) is 0 Å². The van der Waals surface area contributed by atoms with E-state index in [2.05, 4.69) is 25.5 Å². The van der Waals surface area contributed by atoms with Gasteiger partial charge in [-0.15, -0.1) is 0 Å². The summed E-state index contributed by atoms with van der Waals surface area (Å²) < 4.78 is 7.60. The third-order valence-corrected chi connectivity index (χ3v) is 5.99. The first-order chi connectivity index (χ1) is 15.7. The highest BCUT2D eigenvalue weighted by molar-refractivity contribution is 5.90. The maximum Gasteiger partial charge on any atom is 0.318 e. The highest BCUT2D eigenvalue weighted by Crippen LogP contribution is 2.31. The second-order valence-corrected chi connectivity index (χ2v) is 8.08. The number of carbonyl (C=O) groups excluding carboxylic acids is 1. The predicted octanol–water partition coefficient (Wildman–Crippen LogP) is 2.01. The van der Waals surface area contributed by atoms with Crippen molar-refractivity contribution in [2.75, 3.05) is 56.7 Å². The maximum atomic E-state index is 11.6. The molecular formula is C22H28N8O2. The Labute approximate surface area is 186 Å². The molecule has 168 valence electrons. The molecule has 32 heavy (non-hydrogen) atoms. The standard InChI is InChI=1S/C22H28N8O2/c1-23-22(31)26-16-6-4-15(5-7-16)19-27-20(29-9-11-32-12-10-29)18-14-25-30(21(18)28-19)17-3-2-8-24-13-17/h4-7,14,17,24H,2-3,8-13H2,1H3,(H2,23,26,31)/t17-/m0/s1. The van der Waals surface area contributed by atoms with Crippen LogP contribution in [0.15, 0.2) is 30.5 Å². The van der Waals surface area contributed by atoms with Crippen LogP contribution in [0.3, 0.4) is 0 Å². The Morgan fingerprint density at radius 3 is 2.72 bits per heavy atom. The molecule has 2 fully saturated rings. The zero-order valence-electron chi connectivity index (χ0n) is 18.2. The minimum absolute atomic E-state index is 0.255. The third kappa shape index (κ3) is 4.11. The molecule has 2 amide bonds. The van der Waals surface area contributed by atoms with Crippen molar-refractivity contribution in [1.82, 2.24) is 30.4 Å². The van der Waals surface area contributed by atoms with Crippen molar-refractivity contribution in [2.24, 2.45) is 0 Å². The molecule has 3 aromatic rings. The van der Waals surface area contributed by atoms with E-state index in [0.29, 0.717) is 24.7 Å². The van der Waals surface area contributed by atoms with E-state index in [1.165, 1.54) is 0 Å². The number of hydrogen-bond donors (Lipinski definition) is 3. The number of carbonyl (C=O) groups is 1. The molecule has 10 nitrogen and oxygen atoms in total. The molecule has 3 N–H and O–H groups in total. The summed E-state index contributed by atoms with van der Waals surface area (Å²) in [4.78, 5) is 23.7. The summed E-state index contributed by atoms with van der Waals surface area (Å²) in [7, 11) is 1.59. The van der Waals surface area contributed by atoms with Gasteiger partial charge in [-0.2, -0.15) is 5.10 Å². The fraction of sp³-hybridized carbons (Fsp3) is 0.455. The van der Waals surface area contributed by atoms with Crippen LogP contribution in [0.2, 0.25) is 0 Å². The first-order valence-electron chi connectivity index (χ1n) is 11.1. The molecule has 0 unspecified atom stereocenters. The number of morpholine rings is 1. The van der Waals surface area contributed by atoms with Crippen LogP contribution in [-0.2, 0) is 4.74 Å². The van der Waals surface area contributed by atoms with E-state index in [1.807, 2.05) is 30.5 Å². The van der Waals surface area contributed by atoms with Gasteiger partial charge in [0.1, 0.15) is 5.82 Å². The van der Waals surface area contributed by atoms with Gasteiger partial charge in [0.2, 0.25) is 0 Å². The Morgan fingerprint density at radius 1 is 1.19 bits per heavy atom. The molecule has 10 heteroatoms. The SMILES string of the molecule is CNC(=O)Nc1ccc(-c2nc(N3CCOCC3)c3cnn([C@H]4CCCNC4)c3n2)cc1. The Morgan fingerprint density at radius 2 is 2.00 bits per heavy atom. The van der Waals surface area contributed by atoms with Crippen LogP contribution in [0.1, 0.15) is 18.9 Å². The van der Waals surface area contributed by atoms with Gasteiger partial charge in [-0.05, 0) is 43.7 Å². The number of hydrogen-bond acceptors (Lipinski definition) is 7. The molecule has 2 aliphatic heterocycles. The minimum Gasteiger partial charge on any atom is -0.378 e. The van der Waals surface area contributed by atoms with Crippen molar-refractivity contribution < 1.29 is 9.53 Å². The van der Waals surface area contributed by atoms with Gasteiger partial charge >= 0.3 is 6.03 Å². The van der Waals surface area contributed by atoms with E-state index >= 15 is 0 Å². The molecule has 0 radical (unpaired) electrons. The number of piperidine rings is 1. The summed E-state index contributed by atoms with van der Waals surface area (Å²) in [5.74, 6) is 1.55. The lowest BCUT2D eigenvalue weighted by molar-refractivity contribution is 0.122. The normalized spacial score (nSPS) is 19.2. The summed E-state index contributed by atoms with van der Waals surface area (Å²) in [6.07, 6.45) is 4.10. The highest BCUT2D eigenvalue weighted by Gasteiger charge is 2.24. The number of amides is 2. The molecule has 0 bridgehead atoms. The van der Waals surface area contributed by atoms with Crippen molar-refractivity contribution in [3.05, 3.63) is 30.5 Å². The summed E-state index contributed by atoms with van der Waals surface area (Å²) in [6, 6.07) is 7.59. The van der Waals surface area contributed by atoms with Gasteiger partial charge in [0.05, 0.1) is 30.8 Å². The zero-order chi connectivity index (χ0) is 21.9. The summed E-state index contributed by atoms with van der Waals surface area (Å²) >= 11 is 0. The van der Waals surface area contributed by atoms with E-state index < -0.39 is 0 Å². The molecule has 4 heterocycles. The molecule has 2 aliphatic rings. The predicted molar refractivity (Wildman–Crippen MR) is 123 cm³/mol. The fourth-order valence-electron chi connectivity index (χ4n) is 4.26. The molecule has 2 saturated heterocycles. The Bertz CT molecular complexity index is 1090. The van der Waals surface area contributed by atoms with E-state index in [4.69, 9.17) is 19.8 Å². The molecule has 1 aromatic carbocycles. The van der Waals surface area contributed by atoms with Crippen LogP contribution in [0.5, 0.6) is 0 Å². The second kappa shape index (κ2) is 9.09. The van der Waals surface area contributed by atoms with E-state index in [9.17, 15) is 4.79 Å². The number of ether oxygens (including phenoxy) is 1. The van der Waals surface area contributed by atoms with E-state index in [1.54, 1.807) is 7.05 Å². The summed E-state index contributed by atoms with van der Waals surface area (Å²) in [6.45, 7) is 4.88. The van der Waals surface area contributed by atoms with Crippen LogP contribution in [0, 0.1) is 0 Å². The molecule has 0 aliphatic carbocycles. The van der Waals surface area contributed by atoms with Gasteiger partial charge in [0, 0.05) is 37.9 Å². The lowest BCUT2D eigenvalue weighted by Crippen LogP contribution is -2.37. The average Bonchev–Trinajstić information content (AvgIpc) is 3.29. The Kier molecular flexibility index (Phi) is 5.87. The van der Waals surface area contributed by atoms with Crippen LogP contribution >= 0.6 is 0 Å². The quantitative estimate of drug-likeness (QED) is 0.574. The summed E-state index contributed by atoms with van der Waals surface area (Å²) in [5, 5.41) is 14.5. The van der Waals surface area contributed by atoms with Crippen LogP contribution in [0.25, 0.3) is 22.4 Å². The van der Waals surface area contributed by atoms with Crippen molar-refractivity contribution in [3.63, 3.8) is 0 Å². The molecular weight excluding hydrogens is 408 g/mol. The molecule has 2 aromatic heterocycles. The number of benzene rings is 1. The van der Waals surface area contributed by atoms with Gasteiger partial charge < -0.3 is 25.6 Å². The largest absolute Gasteiger partial charge is 0.378 e. The van der Waals surface area contributed by atoms with Crippen LogP contribution in [0.4, 0.5) is 16.3 Å². The molecule has 0 saturated carbocycles. The van der Waals surface area contributed by atoms with E-state index in [-0.39, 0.29) is 12.1 Å². The third-order valence-electron chi connectivity index (χ3n) is 5.99. The fourth-order valence-corrected chi connectivity index (χ4v) is 4.26. The van der Waals surface area contributed by atoms with E-state index in [0.717, 1.165) is 61.4 Å². The van der Waals surface area contributed by atoms with Gasteiger partial charge in [-0.1, -0.05) is 0 Å². The molecule has 0 spiro atoms. The minimum atomic E-state index is -0.255. The first-order valence-corrected chi connectivity index (χ1v) is 11.1. The van der Waals surface area contributed by atoms with Gasteiger partial charge in [-0.25, -0.2) is 19.4 Å². The molecule has 5 rings (SSSR count). The van der Waals surface area contributed by atoms with Crippen molar-refractivity contribution in [1.29, 1.82) is 0 Å². The number of fused-ring (bicyclic) bond motifs is 1. The first kappa shape index (κ1) is 20.7. The average molecular weight is 437 g/mol. The van der Waals surface area contributed by atoms with Crippen molar-refractivity contribution >= 4 is 28.6 Å². The smallest absolute Gasteiger partial charge is 0.318 e. The zero-order valence-corrected chi connectivity index (χ0v) is 18.2. The van der Waals surface area contributed by atoms with Gasteiger partial charge in [0.15, 0.2) is 11.5 Å². The molecule has 1 atom stereocenters. The Hall–Kier alpha value is -3.24. The topological polar surface area (TPSA) is 109 Å². The lowest BCUT2D eigenvalue weighted by Gasteiger charge is -2.28. The number of aromatic nitrogens is 4. The number of nitrogens with one attached hydrogen (secondary N) is 3. The monoisotopic (exact) mass is 436 g/mol. The van der Waals surface area contributed by atoms with Crippen molar-refractivity contribution in [2.45, 2.75) is 18.9 Å². The van der Waals surface area contributed by atoms with Crippen molar-refractivity contribution in [3.8, 4) is 11.4 Å². The lowest BCUT2D eigenvalue weighted by atomic mass is 10.1. The second-order valence-electron chi connectivity index (χ2n) is 8.08. The van der Waals surface area contributed by atoms with Crippen LogP contribution in [-0.4, -0.2) is 72.2 Å². The Balaban J connectivity index is 1.56. The number of urea groups is 1. The number of nitrogens with zero attached hydrogens (tertiary/aromatic N) is 5. The highest BCUT2D eigenvalue weighted by atomic mass is 16.5. The van der Waals surface area contributed by atoms with Crippen LogP contribution < -0.4 is 20.9 Å². The van der Waals surface area contributed by atoms with Gasteiger partial charge in [-0.3, -0.25) is 0 Å².